The van der Waals surface area contributed by atoms with Crippen LogP contribution in [0.4, 0.5) is 0 Å². The Labute approximate surface area is 146 Å². The molecule has 2 aromatic rings. The molecule has 0 aliphatic heterocycles. The van der Waals surface area contributed by atoms with E-state index in [0.29, 0.717) is 5.56 Å². The Hall–Kier alpha value is -2.89. The van der Waals surface area contributed by atoms with Crippen LogP contribution in [0.1, 0.15) is 30.6 Å². The van der Waals surface area contributed by atoms with Gasteiger partial charge < -0.3 is 15.8 Å². The Morgan fingerprint density at radius 3 is 2.48 bits per heavy atom. The second-order valence-corrected chi connectivity index (χ2v) is 5.87. The zero-order chi connectivity index (χ0) is 18.4. The van der Waals surface area contributed by atoms with E-state index in [9.17, 15) is 14.4 Å². The molecule has 3 N–H and O–H groups in total. The molecule has 0 aliphatic carbocycles. The molecule has 25 heavy (non-hydrogen) atoms. The molecule has 0 unspecified atom stereocenters. The minimum Gasteiger partial charge on any atom is -0.466 e. The molecule has 2 amide bonds. The first-order valence-corrected chi connectivity index (χ1v) is 8.17. The molecule has 2 atom stereocenters. The molecule has 2 rings (SSSR count). The summed E-state index contributed by atoms with van der Waals surface area (Å²) in [6, 6.07) is 11.9. The van der Waals surface area contributed by atoms with E-state index in [2.05, 4.69) is 5.32 Å². The quantitative estimate of drug-likeness (QED) is 0.752. The van der Waals surface area contributed by atoms with Gasteiger partial charge in [-0.3, -0.25) is 14.4 Å². The maximum Gasteiger partial charge on any atom is 0.306 e. The summed E-state index contributed by atoms with van der Waals surface area (Å²) in [5.74, 6) is -2.00. The fraction of sp³-hybridized carbons (Fsp3) is 0.316. The van der Waals surface area contributed by atoms with E-state index in [-0.39, 0.29) is 13.0 Å². The Bertz CT molecular complexity index is 783. The van der Waals surface area contributed by atoms with Crippen molar-refractivity contribution in [3.8, 4) is 0 Å². The number of nitrogens with two attached hydrogens (primary N) is 1. The Morgan fingerprint density at radius 2 is 1.80 bits per heavy atom. The SMILES string of the molecule is CCOC(=O)C[C@H](C)[C@@H](NC(=O)c1cccc2ccccc12)C(N)=O. The van der Waals surface area contributed by atoms with Gasteiger partial charge in [-0.1, -0.05) is 43.3 Å². The summed E-state index contributed by atoms with van der Waals surface area (Å²) in [7, 11) is 0. The van der Waals surface area contributed by atoms with Crippen LogP contribution in [0.2, 0.25) is 0 Å². The number of rotatable bonds is 7. The number of fused-ring (bicyclic) bond motifs is 1. The van der Waals surface area contributed by atoms with Gasteiger partial charge in [0.15, 0.2) is 0 Å². The normalized spacial score (nSPS) is 13.0. The summed E-state index contributed by atoms with van der Waals surface area (Å²) in [6.07, 6.45) is -0.00271. The number of amides is 2. The molecular formula is C19H22N2O4. The van der Waals surface area contributed by atoms with E-state index in [1.165, 1.54) is 0 Å². The molecule has 6 nitrogen and oxygen atoms in total. The van der Waals surface area contributed by atoms with Gasteiger partial charge >= 0.3 is 5.97 Å². The lowest BCUT2D eigenvalue weighted by molar-refractivity contribution is -0.144. The zero-order valence-corrected chi connectivity index (χ0v) is 14.3. The van der Waals surface area contributed by atoms with E-state index in [0.717, 1.165) is 10.8 Å². The van der Waals surface area contributed by atoms with Gasteiger partial charge in [0, 0.05) is 5.56 Å². The first kappa shape index (κ1) is 18.4. The minimum absolute atomic E-state index is 0.00271. The van der Waals surface area contributed by atoms with Gasteiger partial charge in [-0.05, 0) is 29.7 Å². The standard InChI is InChI=1S/C19H22N2O4/c1-3-25-16(22)11-12(2)17(18(20)23)21-19(24)15-10-6-8-13-7-4-5-9-14(13)15/h4-10,12,17H,3,11H2,1-2H3,(H2,20,23)(H,21,24)/t12-,17+/m0/s1. The summed E-state index contributed by atoms with van der Waals surface area (Å²) < 4.78 is 4.89. The molecule has 0 aliphatic rings. The molecule has 0 fully saturated rings. The predicted molar refractivity (Wildman–Crippen MR) is 94.8 cm³/mol. The summed E-state index contributed by atoms with van der Waals surface area (Å²) in [5.41, 5.74) is 5.87. The number of carbonyl (C=O) groups is 3. The highest BCUT2D eigenvalue weighted by atomic mass is 16.5. The highest BCUT2D eigenvalue weighted by Gasteiger charge is 2.28. The van der Waals surface area contributed by atoms with Gasteiger partial charge in [-0.25, -0.2) is 0 Å². The van der Waals surface area contributed by atoms with Crippen LogP contribution >= 0.6 is 0 Å². The van der Waals surface area contributed by atoms with Gasteiger partial charge in [0.25, 0.3) is 5.91 Å². The second kappa shape index (κ2) is 8.28. The maximum absolute atomic E-state index is 12.7. The van der Waals surface area contributed by atoms with Crippen LogP contribution in [0.25, 0.3) is 10.8 Å². The first-order valence-electron chi connectivity index (χ1n) is 8.17. The maximum atomic E-state index is 12.7. The number of ether oxygens (including phenoxy) is 1. The fourth-order valence-electron chi connectivity index (χ4n) is 2.74. The fourth-order valence-corrected chi connectivity index (χ4v) is 2.74. The number of esters is 1. The van der Waals surface area contributed by atoms with Gasteiger partial charge in [0.1, 0.15) is 6.04 Å². The number of primary amides is 1. The van der Waals surface area contributed by atoms with Crippen molar-refractivity contribution < 1.29 is 19.1 Å². The molecule has 0 bridgehead atoms. The monoisotopic (exact) mass is 342 g/mol. The van der Waals surface area contributed by atoms with E-state index in [1.807, 2.05) is 30.3 Å². The molecular weight excluding hydrogens is 320 g/mol. The summed E-state index contributed by atoms with van der Waals surface area (Å²) in [6.45, 7) is 3.64. The number of hydrogen-bond donors (Lipinski definition) is 2. The Morgan fingerprint density at radius 1 is 1.12 bits per heavy atom. The molecule has 0 aromatic heterocycles. The topological polar surface area (TPSA) is 98.5 Å². The van der Waals surface area contributed by atoms with Crippen LogP contribution in [0.3, 0.4) is 0 Å². The Kier molecular flexibility index (Phi) is 6.11. The first-order chi connectivity index (χ1) is 11.9. The van der Waals surface area contributed by atoms with Crippen LogP contribution in [0.15, 0.2) is 42.5 Å². The van der Waals surface area contributed by atoms with E-state index in [1.54, 1.807) is 26.0 Å². The largest absolute Gasteiger partial charge is 0.466 e. The minimum atomic E-state index is -0.962. The number of nitrogens with one attached hydrogen (secondary N) is 1. The molecule has 0 heterocycles. The van der Waals surface area contributed by atoms with E-state index >= 15 is 0 Å². The number of carbonyl (C=O) groups excluding carboxylic acids is 3. The molecule has 0 spiro atoms. The lowest BCUT2D eigenvalue weighted by Gasteiger charge is -2.22. The lowest BCUT2D eigenvalue weighted by Crippen LogP contribution is -2.49. The van der Waals surface area contributed by atoms with E-state index < -0.39 is 29.7 Å². The van der Waals surface area contributed by atoms with Crippen molar-refractivity contribution >= 4 is 28.6 Å². The van der Waals surface area contributed by atoms with Crippen molar-refractivity contribution in [2.24, 2.45) is 11.7 Å². The highest BCUT2D eigenvalue weighted by molar-refractivity contribution is 6.08. The molecule has 6 heteroatoms. The highest BCUT2D eigenvalue weighted by Crippen LogP contribution is 2.19. The Balaban J connectivity index is 2.20. The molecule has 0 radical (unpaired) electrons. The average Bonchev–Trinajstić information content (AvgIpc) is 2.58. The number of benzene rings is 2. The summed E-state index contributed by atoms with van der Waals surface area (Å²) in [4.78, 5) is 36.0. The van der Waals surface area contributed by atoms with Crippen LogP contribution in [0.5, 0.6) is 0 Å². The van der Waals surface area contributed by atoms with Crippen molar-refractivity contribution in [1.82, 2.24) is 5.32 Å². The summed E-state index contributed by atoms with van der Waals surface area (Å²) >= 11 is 0. The van der Waals surface area contributed by atoms with Crippen molar-refractivity contribution in [1.29, 1.82) is 0 Å². The number of hydrogen-bond acceptors (Lipinski definition) is 4. The van der Waals surface area contributed by atoms with Crippen molar-refractivity contribution in [3.05, 3.63) is 48.0 Å². The van der Waals surface area contributed by atoms with Crippen molar-refractivity contribution in [2.75, 3.05) is 6.61 Å². The van der Waals surface area contributed by atoms with Gasteiger partial charge in [0.2, 0.25) is 5.91 Å². The third-order valence-corrected chi connectivity index (χ3v) is 3.99. The van der Waals surface area contributed by atoms with Crippen LogP contribution in [-0.2, 0) is 14.3 Å². The molecule has 0 saturated heterocycles. The second-order valence-electron chi connectivity index (χ2n) is 5.87. The molecule has 132 valence electrons. The third kappa shape index (κ3) is 4.56. The van der Waals surface area contributed by atoms with Crippen molar-refractivity contribution in [3.63, 3.8) is 0 Å². The predicted octanol–water partition coefficient (Wildman–Crippen LogP) is 2.01. The zero-order valence-electron chi connectivity index (χ0n) is 14.3. The van der Waals surface area contributed by atoms with Crippen LogP contribution in [0, 0.1) is 5.92 Å². The van der Waals surface area contributed by atoms with Crippen molar-refractivity contribution in [2.45, 2.75) is 26.3 Å². The average molecular weight is 342 g/mol. The van der Waals surface area contributed by atoms with E-state index in [4.69, 9.17) is 10.5 Å². The molecule has 2 aromatic carbocycles. The van der Waals surface area contributed by atoms with Gasteiger partial charge in [0.05, 0.1) is 13.0 Å². The van der Waals surface area contributed by atoms with Crippen LogP contribution in [-0.4, -0.2) is 30.4 Å². The van der Waals surface area contributed by atoms with Gasteiger partial charge in [-0.15, -0.1) is 0 Å². The smallest absolute Gasteiger partial charge is 0.306 e. The lowest BCUT2D eigenvalue weighted by atomic mass is 9.96. The molecule has 0 saturated carbocycles. The van der Waals surface area contributed by atoms with Gasteiger partial charge in [-0.2, -0.15) is 0 Å². The third-order valence-electron chi connectivity index (χ3n) is 3.99. The van der Waals surface area contributed by atoms with Crippen LogP contribution < -0.4 is 11.1 Å². The summed E-state index contributed by atoms with van der Waals surface area (Å²) in [5, 5.41) is 4.35.